The molecule has 0 unspecified atom stereocenters. The summed E-state index contributed by atoms with van der Waals surface area (Å²) in [6.07, 6.45) is 6.35. The number of terminal acetylenes is 1. The van der Waals surface area contributed by atoms with Crippen LogP contribution in [0, 0.1) is 19.3 Å². The number of amides is 1. The number of aromatic amines is 1. The van der Waals surface area contributed by atoms with Crippen LogP contribution in [-0.2, 0) is 4.79 Å². The molecule has 4 nitrogen and oxygen atoms in total. The van der Waals surface area contributed by atoms with Gasteiger partial charge in [0.15, 0.2) is 0 Å². The molecular formula is C7H7N3O. The molecule has 0 saturated carbocycles. The number of carbonyl (C=O) groups is 1. The van der Waals surface area contributed by atoms with Crippen molar-refractivity contribution >= 4 is 11.6 Å². The average Bonchev–Trinajstić information content (AvgIpc) is 2.37. The highest BCUT2D eigenvalue weighted by Crippen LogP contribution is 2.08. The van der Waals surface area contributed by atoms with Gasteiger partial charge in [-0.3, -0.25) is 9.89 Å². The van der Waals surface area contributed by atoms with E-state index in [2.05, 4.69) is 15.5 Å². The largest absolute Gasteiger partial charge is 0.312 e. The molecule has 1 aromatic heterocycles. The van der Waals surface area contributed by atoms with Gasteiger partial charge in [-0.1, -0.05) is 0 Å². The first kappa shape index (κ1) is 7.35. The predicted molar refractivity (Wildman–Crippen MR) is 40.8 cm³/mol. The molecule has 56 valence electrons. The van der Waals surface area contributed by atoms with E-state index in [1.54, 1.807) is 6.92 Å². The Hall–Kier alpha value is -1.76. The fourth-order valence-electron chi connectivity index (χ4n) is 0.635. The third-order valence-corrected chi connectivity index (χ3v) is 1.21. The predicted octanol–water partition coefficient (Wildman–Crippen LogP) is 0.290. The first-order valence-electron chi connectivity index (χ1n) is 3.01. The number of hydrogen-bond donors (Lipinski definition) is 2. The van der Waals surface area contributed by atoms with Crippen LogP contribution in [0.25, 0.3) is 0 Å². The van der Waals surface area contributed by atoms with Crippen molar-refractivity contribution in [2.45, 2.75) is 6.92 Å². The van der Waals surface area contributed by atoms with E-state index in [0.717, 1.165) is 5.69 Å². The van der Waals surface area contributed by atoms with Crippen LogP contribution >= 0.6 is 0 Å². The molecule has 0 radical (unpaired) electrons. The van der Waals surface area contributed by atoms with Crippen LogP contribution in [-0.4, -0.2) is 16.1 Å². The van der Waals surface area contributed by atoms with E-state index in [4.69, 9.17) is 6.42 Å². The van der Waals surface area contributed by atoms with E-state index < -0.39 is 5.91 Å². The molecule has 0 spiro atoms. The zero-order chi connectivity index (χ0) is 8.27. The summed E-state index contributed by atoms with van der Waals surface area (Å²) in [5.41, 5.74) is 1.40. The first-order chi connectivity index (χ1) is 5.24. The Bertz CT molecular complexity index is 308. The van der Waals surface area contributed by atoms with Gasteiger partial charge in [0.05, 0.1) is 17.6 Å². The van der Waals surface area contributed by atoms with Crippen LogP contribution in [0.3, 0.4) is 0 Å². The number of anilines is 1. The Kier molecular flexibility index (Phi) is 1.93. The van der Waals surface area contributed by atoms with Gasteiger partial charge in [-0.05, 0) is 12.8 Å². The molecule has 0 aliphatic heterocycles. The molecular weight excluding hydrogens is 142 g/mol. The van der Waals surface area contributed by atoms with E-state index in [9.17, 15) is 4.79 Å². The molecule has 0 aliphatic rings. The molecule has 0 bridgehead atoms. The molecule has 0 aromatic carbocycles. The van der Waals surface area contributed by atoms with E-state index in [-0.39, 0.29) is 0 Å². The monoisotopic (exact) mass is 149 g/mol. The minimum absolute atomic E-state index is 0.463. The maximum absolute atomic E-state index is 10.6. The summed E-state index contributed by atoms with van der Waals surface area (Å²) < 4.78 is 0. The summed E-state index contributed by atoms with van der Waals surface area (Å²) in [6, 6.07) is 0. The van der Waals surface area contributed by atoms with Gasteiger partial charge in [-0.2, -0.15) is 5.10 Å². The number of carbonyl (C=O) groups excluding carboxylic acids is 1. The lowest BCUT2D eigenvalue weighted by Crippen LogP contribution is -2.07. The van der Waals surface area contributed by atoms with Gasteiger partial charge in [0, 0.05) is 0 Å². The third-order valence-electron chi connectivity index (χ3n) is 1.21. The summed E-state index contributed by atoms with van der Waals surface area (Å²) in [4.78, 5) is 10.6. The van der Waals surface area contributed by atoms with Crippen LogP contribution in [0.2, 0.25) is 0 Å². The number of aromatic nitrogens is 2. The van der Waals surface area contributed by atoms with E-state index >= 15 is 0 Å². The molecule has 0 aliphatic carbocycles. The zero-order valence-corrected chi connectivity index (χ0v) is 6.01. The quantitative estimate of drug-likeness (QED) is 0.564. The van der Waals surface area contributed by atoms with Crippen molar-refractivity contribution < 1.29 is 4.79 Å². The molecule has 0 saturated heterocycles. The van der Waals surface area contributed by atoms with Crippen molar-refractivity contribution in [3.8, 4) is 12.3 Å². The van der Waals surface area contributed by atoms with Gasteiger partial charge in [0.25, 0.3) is 5.91 Å². The highest BCUT2D eigenvalue weighted by atomic mass is 16.1. The number of nitrogens with one attached hydrogen (secondary N) is 2. The minimum atomic E-state index is -0.463. The number of nitrogens with zero attached hydrogens (tertiary/aromatic N) is 1. The second kappa shape index (κ2) is 2.88. The normalized spacial score (nSPS) is 8.73. The number of aryl methyl sites for hydroxylation is 1. The van der Waals surface area contributed by atoms with E-state index in [1.807, 2.05) is 5.92 Å². The molecule has 1 heterocycles. The van der Waals surface area contributed by atoms with Crippen molar-refractivity contribution in [2.24, 2.45) is 0 Å². The van der Waals surface area contributed by atoms with Crippen molar-refractivity contribution in [1.29, 1.82) is 0 Å². The van der Waals surface area contributed by atoms with Gasteiger partial charge in [0.1, 0.15) is 0 Å². The number of hydrogen-bond acceptors (Lipinski definition) is 2. The standard InChI is InChI=1S/C7H7N3O/c1-3-7(11)9-6-4-8-10-5(6)2/h1,4H,2H3,(H,8,10)(H,9,11). The summed E-state index contributed by atoms with van der Waals surface area (Å²) in [5, 5.41) is 8.84. The highest BCUT2D eigenvalue weighted by Gasteiger charge is 2.01. The summed E-state index contributed by atoms with van der Waals surface area (Å²) in [7, 11) is 0. The van der Waals surface area contributed by atoms with Crippen LogP contribution < -0.4 is 5.32 Å². The van der Waals surface area contributed by atoms with Crippen molar-refractivity contribution in [1.82, 2.24) is 10.2 Å². The van der Waals surface area contributed by atoms with Gasteiger partial charge in [0.2, 0.25) is 0 Å². The second-order valence-corrected chi connectivity index (χ2v) is 2.01. The third kappa shape index (κ3) is 1.58. The molecule has 2 N–H and O–H groups in total. The van der Waals surface area contributed by atoms with Crippen molar-refractivity contribution in [3.05, 3.63) is 11.9 Å². The Balaban J connectivity index is 2.73. The highest BCUT2D eigenvalue weighted by molar-refractivity contribution is 6.03. The molecule has 1 aromatic rings. The van der Waals surface area contributed by atoms with Gasteiger partial charge in [-0.25, -0.2) is 0 Å². The lowest BCUT2D eigenvalue weighted by Gasteiger charge is -1.95. The number of rotatable bonds is 1. The SMILES string of the molecule is C#CC(=O)Nc1cn[nH]c1C. The topological polar surface area (TPSA) is 57.8 Å². The molecule has 0 fully saturated rings. The van der Waals surface area contributed by atoms with Crippen LogP contribution in [0.5, 0.6) is 0 Å². The molecule has 4 heteroatoms. The van der Waals surface area contributed by atoms with Gasteiger partial charge >= 0.3 is 0 Å². The maximum atomic E-state index is 10.6. The molecule has 1 rings (SSSR count). The zero-order valence-electron chi connectivity index (χ0n) is 6.01. The lowest BCUT2D eigenvalue weighted by molar-refractivity contribution is -0.111. The van der Waals surface area contributed by atoms with E-state index in [1.165, 1.54) is 6.20 Å². The lowest BCUT2D eigenvalue weighted by atomic mass is 10.4. The summed E-state index contributed by atoms with van der Waals surface area (Å²) in [5.74, 6) is 1.48. The fraction of sp³-hybridized carbons (Fsp3) is 0.143. The van der Waals surface area contributed by atoms with Crippen LogP contribution in [0.4, 0.5) is 5.69 Å². The molecule has 1 amide bonds. The Labute approximate surface area is 64.0 Å². The maximum Gasteiger partial charge on any atom is 0.300 e. The Morgan fingerprint density at radius 1 is 1.91 bits per heavy atom. The molecule has 11 heavy (non-hydrogen) atoms. The van der Waals surface area contributed by atoms with Crippen LogP contribution in [0.1, 0.15) is 5.69 Å². The summed E-state index contributed by atoms with van der Waals surface area (Å²) in [6.45, 7) is 1.79. The Morgan fingerprint density at radius 2 is 2.64 bits per heavy atom. The van der Waals surface area contributed by atoms with Crippen molar-refractivity contribution in [2.75, 3.05) is 5.32 Å². The molecule has 0 atom stereocenters. The smallest absolute Gasteiger partial charge is 0.300 e. The van der Waals surface area contributed by atoms with Crippen LogP contribution in [0.15, 0.2) is 6.20 Å². The fourth-order valence-corrected chi connectivity index (χ4v) is 0.635. The van der Waals surface area contributed by atoms with Crippen molar-refractivity contribution in [3.63, 3.8) is 0 Å². The number of H-pyrrole nitrogens is 1. The average molecular weight is 149 g/mol. The van der Waals surface area contributed by atoms with Gasteiger partial charge in [-0.15, -0.1) is 6.42 Å². The van der Waals surface area contributed by atoms with Gasteiger partial charge < -0.3 is 5.32 Å². The Morgan fingerprint density at radius 3 is 3.09 bits per heavy atom. The first-order valence-corrected chi connectivity index (χ1v) is 3.01. The van der Waals surface area contributed by atoms with E-state index in [0.29, 0.717) is 5.69 Å². The minimum Gasteiger partial charge on any atom is -0.312 e. The second-order valence-electron chi connectivity index (χ2n) is 2.01. The summed E-state index contributed by atoms with van der Waals surface area (Å²) >= 11 is 0.